The molecule has 0 bridgehead atoms. The molecule has 1 aromatic rings. The third kappa shape index (κ3) is 2.41. The number of carbonyl (C=O) groups excluding carboxylic acids is 1. The summed E-state index contributed by atoms with van der Waals surface area (Å²) in [6.07, 6.45) is 1.03. The topological polar surface area (TPSA) is 50.2 Å². The van der Waals surface area contributed by atoms with Crippen molar-refractivity contribution < 1.29 is 4.79 Å². The van der Waals surface area contributed by atoms with Crippen molar-refractivity contribution in [1.82, 2.24) is 20.0 Å². The Morgan fingerprint density at radius 3 is 2.83 bits per heavy atom. The number of amides is 1. The highest BCUT2D eigenvalue weighted by Gasteiger charge is 2.28. The van der Waals surface area contributed by atoms with E-state index in [9.17, 15) is 4.79 Å². The van der Waals surface area contributed by atoms with Crippen LogP contribution in [-0.4, -0.2) is 46.8 Å². The standard InChI is InChI=1S/C13H22N4O/c1-9-7-10(2)17(15-9)11(3)13(18)16(4)12-5-6-14-8-12/h7,11-12,14H,5-6,8H2,1-4H3/t11-,12+/m1/s1. The molecule has 100 valence electrons. The molecule has 1 fully saturated rings. The molecule has 2 heterocycles. The molecule has 0 unspecified atom stereocenters. The number of aromatic nitrogens is 2. The van der Waals surface area contributed by atoms with E-state index in [1.165, 1.54) is 0 Å². The zero-order valence-corrected chi connectivity index (χ0v) is 11.6. The molecular weight excluding hydrogens is 228 g/mol. The fourth-order valence-corrected chi connectivity index (χ4v) is 2.59. The van der Waals surface area contributed by atoms with Gasteiger partial charge in [-0.15, -0.1) is 0 Å². The smallest absolute Gasteiger partial charge is 0.247 e. The second kappa shape index (κ2) is 5.10. The number of hydrogen-bond acceptors (Lipinski definition) is 3. The summed E-state index contributed by atoms with van der Waals surface area (Å²) in [6, 6.07) is 2.09. The first-order chi connectivity index (χ1) is 8.50. The van der Waals surface area contributed by atoms with Crippen molar-refractivity contribution in [3.05, 3.63) is 17.5 Å². The lowest BCUT2D eigenvalue weighted by atomic mass is 10.2. The highest BCUT2D eigenvalue weighted by Crippen LogP contribution is 2.16. The fraction of sp³-hybridized carbons (Fsp3) is 0.692. The molecule has 1 aromatic heterocycles. The number of rotatable bonds is 3. The Labute approximate surface area is 108 Å². The van der Waals surface area contributed by atoms with Crippen molar-refractivity contribution in [3.63, 3.8) is 0 Å². The molecule has 2 atom stereocenters. The second-order valence-electron chi connectivity index (χ2n) is 5.14. The van der Waals surface area contributed by atoms with Crippen LogP contribution in [0.1, 0.15) is 30.8 Å². The molecule has 0 aliphatic carbocycles. The minimum absolute atomic E-state index is 0.134. The average Bonchev–Trinajstić information content (AvgIpc) is 2.96. The molecule has 5 nitrogen and oxygen atoms in total. The normalized spacial score (nSPS) is 21.0. The quantitative estimate of drug-likeness (QED) is 0.866. The minimum Gasteiger partial charge on any atom is -0.340 e. The summed E-state index contributed by atoms with van der Waals surface area (Å²) in [5.74, 6) is 0.134. The van der Waals surface area contributed by atoms with Gasteiger partial charge in [-0.3, -0.25) is 9.48 Å². The van der Waals surface area contributed by atoms with Gasteiger partial charge < -0.3 is 10.2 Å². The molecule has 5 heteroatoms. The van der Waals surface area contributed by atoms with Crippen LogP contribution in [0.5, 0.6) is 0 Å². The van der Waals surface area contributed by atoms with Crippen molar-refractivity contribution in [2.45, 2.75) is 39.3 Å². The minimum atomic E-state index is -0.232. The maximum atomic E-state index is 12.4. The summed E-state index contributed by atoms with van der Waals surface area (Å²) in [5.41, 5.74) is 1.99. The van der Waals surface area contributed by atoms with Gasteiger partial charge in [0, 0.05) is 25.3 Å². The third-order valence-electron chi connectivity index (χ3n) is 3.70. The maximum absolute atomic E-state index is 12.4. The zero-order valence-electron chi connectivity index (χ0n) is 11.6. The number of aryl methyl sites for hydroxylation is 2. The van der Waals surface area contributed by atoms with E-state index < -0.39 is 0 Å². The highest BCUT2D eigenvalue weighted by molar-refractivity contribution is 5.80. The summed E-state index contributed by atoms with van der Waals surface area (Å²) >= 11 is 0. The van der Waals surface area contributed by atoms with Crippen molar-refractivity contribution >= 4 is 5.91 Å². The van der Waals surface area contributed by atoms with Crippen LogP contribution in [0.2, 0.25) is 0 Å². The third-order valence-corrected chi connectivity index (χ3v) is 3.70. The van der Waals surface area contributed by atoms with Crippen molar-refractivity contribution in [1.29, 1.82) is 0 Å². The van der Waals surface area contributed by atoms with Crippen LogP contribution < -0.4 is 5.32 Å². The predicted octanol–water partition coefficient (Wildman–Crippen LogP) is 0.881. The molecule has 1 N–H and O–H groups in total. The maximum Gasteiger partial charge on any atom is 0.247 e. The Balaban J connectivity index is 2.10. The average molecular weight is 250 g/mol. The van der Waals surface area contributed by atoms with Crippen LogP contribution in [0, 0.1) is 13.8 Å². The van der Waals surface area contributed by atoms with E-state index in [4.69, 9.17) is 0 Å². The summed E-state index contributed by atoms with van der Waals surface area (Å²) in [4.78, 5) is 14.3. The van der Waals surface area contributed by atoms with E-state index in [2.05, 4.69) is 10.4 Å². The van der Waals surface area contributed by atoms with Crippen molar-refractivity contribution in [2.75, 3.05) is 20.1 Å². The summed E-state index contributed by atoms with van der Waals surface area (Å²) in [5, 5.41) is 7.68. The van der Waals surface area contributed by atoms with Gasteiger partial charge in [0.15, 0.2) is 0 Å². The van der Waals surface area contributed by atoms with Crippen LogP contribution in [0.4, 0.5) is 0 Å². The van der Waals surface area contributed by atoms with E-state index in [1.54, 1.807) is 0 Å². The van der Waals surface area contributed by atoms with E-state index in [0.717, 1.165) is 30.9 Å². The molecule has 1 saturated heterocycles. The largest absolute Gasteiger partial charge is 0.340 e. The summed E-state index contributed by atoms with van der Waals surface area (Å²) in [7, 11) is 1.89. The first kappa shape index (κ1) is 13.1. The van der Waals surface area contributed by atoms with Gasteiger partial charge in [-0.25, -0.2) is 0 Å². The Morgan fingerprint density at radius 2 is 2.33 bits per heavy atom. The first-order valence-corrected chi connectivity index (χ1v) is 6.51. The van der Waals surface area contributed by atoms with Crippen molar-refractivity contribution in [2.24, 2.45) is 0 Å². The lowest BCUT2D eigenvalue weighted by molar-refractivity contribution is -0.135. The highest BCUT2D eigenvalue weighted by atomic mass is 16.2. The molecule has 0 radical (unpaired) electrons. The van der Waals surface area contributed by atoms with Gasteiger partial charge in [-0.05, 0) is 39.8 Å². The molecule has 2 rings (SSSR count). The molecule has 18 heavy (non-hydrogen) atoms. The molecule has 1 amide bonds. The molecule has 0 saturated carbocycles. The van der Waals surface area contributed by atoms with Crippen molar-refractivity contribution in [3.8, 4) is 0 Å². The van der Waals surface area contributed by atoms with Crippen LogP contribution in [-0.2, 0) is 4.79 Å². The molecule has 0 aromatic carbocycles. The van der Waals surface area contributed by atoms with Gasteiger partial charge >= 0.3 is 0 Å². The molecular formula is C13H22N4O. The van der Waals surface area contributed by atoms with Crippen LogP contribution in [0.15, 0.2) is 6.07 Å². The fourth-order valence-electron chi connectivity index (χ4n) is 2.59. The number of nitrogens with one attached hydrogen (secondary N) is 1. The van der Waals surface area contributed by atoms with E-state index in [0.29, 0.717) is 6.04 Å². The lowest BCUT2D eigenvalue weighted by Gasteiger charge is -2.27. The first-order valence-electron chi connectivity index (χ1n) is 6.51. The molecule has 0 spiro atoms. The zero-order chi connectivity index (χ0) is 13.3. The van der Waals surface area contributed by atoms with Gasteiger partial charge in [0.05, 0.1) is 5.69 Å². The number of likely N-dealkylation sites (N-methyl/N-ethyl adjacent to an activating group) is 1. The lowest BCUT2D eigenvalue weighted by Crippen LogP contribution is -2.42. The summed E-state index contributed by atoms with van der Waals surface area (Å²) in [6.45, 7) is 7.75. The van der Waals surface area contributed by atoms with Gasteiger partial charge in [0.1, 0.15) is 6.04 Å². The number of hydrogen-bond donors (Lipinski definition) is 1. The molecule has 1 aliphatic rings. The molecule has 1 aliphatic heterocycles. The predicted molar refractivity (Wildman–Crippen MR) is 70.5 cm³/mol. The van der Waals surface area contributed by atoms with Crippen LogP contribution >= 0.6 is 0 Å². The van der Waals surface area contributed by atoms with E-state index in [1.807, 2.05) is 43.5 Å². The van der Waals surface area contributed by atoms with E-state index in [-0.39, 0.29) is 11.9 Å². The SMILES string of the molecule is Cc1cc(C)n([C@H](C)C(=O)N(C)[C@H]2CCNC2)n1. The Kier molecular flexibility index (Phi) is 3.71. The van der Waals surface area contributed by atoms with Gasteiger partial charge in [0.25, 0.3) is 0 Å². The van der Waals surface area contributed by atoms with E-state index >= 15 is 0 Å². The second-order valence-corrected chi connectivity index (χ2v) is 5.14. The van der Waals surface area contributed by atoms with Gasteiger partial charge in [0.2, 0.25) is 5.91 Å². The Hall–Kier alpha value is -1.36. The Bertz CT molecular complexity index is 434. The number of nitrogens with zero attached hydrogens (tertiary/aromatic N) is 3. The van der Waals surface area contributed by atoms with Crippen LogP contribution in [0.3, 0.4) is 0 Å². The van der Waals surface area contributed by atoms with Gasteiger partial charge in [-0.1, -0.05) is 0 Å². The number of carbonyl (C=O) groups is 1. The van der Waals surface area contributed by atoms with Crippen LogP contribution in [0.25, 0.3) is 0 Å². The summed E-state index contributed by atoms with van der Waals surface area (Å²) < 4.78 is 1.82. The monoisotopic (exact) mass is 250 g/mol. The Morgan fingerprint density at radius 1 is 1.61 bits per heavy atom. The van der Waals surface area contributed by atoms with Gasteiger partial charge in [-0.2, -0.15) is 5.10 Å².